The molecule has 0 aromatic rings. The standard InChI is InChI=1S/C10H17NO/c1-6-7-11(9(4)5)10(12)8(2)3/h6-7,9H,2H2,1,3-5H3. The van der Waals surface area contributed by atoms with Gasteiger partial charge in [0.1, 0.15) is 0 Å². The predicted molar refractivity (Wildman–Crippen MR) is 51.6 cm³/mol. The molecule has 0 rings (SSSR count). The number of carbonyl (C=O) groups excluding carboxylic acids is 1. The van der Waals surface area contributed by atoms with E-state index in [0.717, 1.165) is 0 Å². The molecule has 0 aliphatic heterocycles. The first-order valence-electron chi connectivity index (χ1n) is 4.11. The molecule has 0 heterocycles. The molecule has 0 fully saturated rings. The van der Waals surface area contributed by atoms with Gasteiger partial charge in [-0.25, -0.2) is 0 Å². The highest BCUT2D eigenvalue weighted by atomic mass is 16.2. The van der Waals surface area contributed by atoms with Crippen molar-refractivity contribution in [1.29, 1.82) is 0 Å². The second kappa shape index (κ2) is 4.75. The molecule has 0 spiro atoms. The Kier molecular flexibility index (Phi) is 4.34. The molecule has 12 heavy (non-hydrogen) atoms. The van der Waals surface area contributed by atoms with E-state index in [1.54, 1.807) is 18.0 Å². The van der Waals surface area contributed by atoms with E-state index in [4.69, 9.17) is 0 Å². The number of hydrogen-bond donors (Lipinski definition) is 0. The SMILES string of the molecule is C=C(C)C(=O)N(C=CC)C(C)C. The van der Waals surface area contributed by atoms with Crippen LogP contribution in [-0.4, -0.2) is 16.8 Å². The molecule has 0 saturated carbocycles. The van der Waals surface area contributed by atoms with Crippen molar-refractivity contribution in [3.8, 4) is 0 Å². The molecular formula is C10H17NO. The summed E-state index contributed by atoms with van der Waals surface area (Å²) in [6.07, 6.45) is 3.63. The summed E-state index contributed by atoms with van der Waals surface area (Å²) in [7, 11) is 0. The number of carbonyl (C=O) groups is 1. The zero-order valence-electron chi connectivity index (χ0n) is 8.29. The summed E-state index contributed by atoms with van der Waals surface area (Å²) in [6.45, 7) is 11.2. The van der Waals surface area contributed by atoms with Gasteiger partial charge in [-0.3, -0.25) is 4.79 Å². The Morgan fingerprint density at radius 2 is 2.00 bits per heavy atom. The van der Waals surface area contributed by atoms with Gasteiger partial charge in [0.15, 0.2) is 0 Å². The van der Waals surface area contributed by atoms with Crippen molar-refractivity contribution in [1.82, 2.24) is 4.90 Å². The lowest BCUT2D eigenvalue weighted by Crippen LogP contribution is -2.32. The van der Waals surface area contributed by atoms with Gasteiger partial charge in [-0.15, -0.1) is 0 Å². The van der Waals surface area contributed by atoms with Crippen LogP contribution in [0.25, 0.3) is 0 Å². The third-order valence-electron chi connectivity index (χ3n) is 1.47. The van der Waals surface area contributed by atoms with E-state index in [9.17, 15) is 4.79 Å². The van der Waals surface area contributed by atoms with Gasteiger partial charge in [-0.1, -0.05) is 12.7 Å². The first-order valence-corrected chi connectivity index (χ1v) is 4.11. The van der Waals surface area contributed by atoms with Gasteiger partial charge < -0.3 is 4.90 Å². The van der Waals surface area contributed by atoms with Crippen molar-refractivity contribution in [2.24, 2.45) is 0 Å². The Labute approximate surface area is 74.6 Å². The quantitative estimate of drug-likeness (QED) is 0.591. The topological polar surface area (TPSA) is 20.3 Å². The first-order chi connectivity index (χ1) is 5.50. The molecule has 0 aromatic heterocycles. The Morgan fingerprint density at radius 1 is 1.50 bits per heavy atom. The Bertz CT molecular complexity index is 204. The fraction of sp³-hybridized carbons (Fsp3) is 0.500. The van der Waals surface area contributed by atoms with E-state index in [1.165, 1.54) is 0 Å². The molecule has 68 valence electrons. The molecule has 2 heteroatoms. The lowest BCUT2D eigenvalue weighted by molar-refractivity contribution is -0.125. The lowest BCUT2D eigenvalue weighted by atomic mass is 10.2. The maximum absolute atomic E-state index is 11.4. The Morgan fingerprint density at radius 3 is 2.25 bits per heavy atom. The molecule has 0 N–H and O–H groups in total. The number of rotatable bonds is 3. The minimum atomic E-state index is -0.0110. The van der Waals surface area contributed by atoms with E-state index in [1.807, 2.05) is 26.8 Å². The molecule has 0 aromatic carbocycles. The fourth-order valence-corrected chi connectivity index (χ4v) is 0.855. The molecule has 0 saturated heterocycles. The number of nitrogens with zero attached hydrogens (tertiary/aromatic N) is 1. The number of amides is 1. The third kappa shape index (κ3) is 2.91. The van der Waals surface area contributed by atoms with Gasteiger partial charge in [-0.2, -0.15) is 0 Å². The highest BCUT2D eigenvalue weighted by molar-refractivity contribution is 5.93. The maximum Gasteiger partial charge on any atom is 0.253 e. The van der Waals surface area contributed by atoms with E-state index in [0.29, 0.717) is 5.57 Å². The molecule has 0 aliphatic carbocycles. The van der Waals surface area contributed by atoms with Crippen LogP contribution < -0.4 is 0 Å². The largest absolute Gasteiger partial charge is 0.313 e. The molecule has 0 bridgehead atoms. The second-order valence-corrected chi connectivity index (χ2v) is 3.07. The van der Waals surface area contributed by atoms with Gasteiger partial charge >= 0.3 is 0 Å². The monoisotopic (exact) mass is 167 g/mol. The lowest BCUT2D eigenvalue weighted by Gasteiger charge is -2.22. The van der Waals surface area contributed by atoms with Gasteiger partial charge in [-0.05, 0) is 27.7 Å². The highest BCUT2D eigenvalue weighted by Gasteiger charge is 2.13. The van der Waals surface area contributed by atoms with Crippen LogP contribution in [0.3, 0.4) is 0 Å². The number of hydrogen-bond acceptors (Lipinski definition) is 1. The second-order valence-electron chi connectivity index (χ2n) is 3.07. The molecule has 0 unspecified atom stereocenters. The Balaban J connectivity index is 4.51. The van der Waals surface area contributed by atoms with Crippen LogP contribution >= 0.6 is 0 Å². The summed E-state index contributed by atoms with van der Waals surface area (Å²) in [5, 5.41) is 0. The van der Waals surface area contributed by atoms with E-state index >= 15 is 0 Å². The highest BCUT2D eigenvalue weighted by Crippen LogP contribution is 2.04. The zero-order chi connectivity index (χ0) is 9.72. The predicted octanol–water partition coefficient (Wildman–Crippen LogP) is 2.33. The fourth-order valence-electron chi connectivity index (χ4n) is 0.855. The minimum absolute atomic E-state index is 0.0110. The van der Waals surface area contributed by atoms with Crippen LogP contribution in [0, 0.1) is 0 Å². The van der Waals surface area contributed by atoms with Crippen LogP contribution in [0.4, 0.5) is 0 Å². The summed E-state index contributed by atoms with van der Waals surface area (Å²) < 4.78 is 0. The smallest absolute Gasteiger partial charge is 0.253 e. The van der Waals surface area contributed by atoms with Crippen molar-refractivity contribution >= 4 is 5.91 Å². The summed E-state index contributed by atoms with van der Waals surface area (Å²) in [5.41, 5.74) is 0.571. The zero-order valence-corrected chi connectivity index (χ0v) is 8.29. The summed E-state index contributed by atoms with van der Waals surface area (Å²) in [4.78, 5) is 13.1. The molecule has 0 radical (unpaired) electrons. The van der Waals surface area contributed by atoms with Crippen LogP contribution in [0.5, 0.6) is 0 Å². The van der Waals surface area contributed by atoms with Gasteiger partial charge in [0.05, 0.1) is 0 Å². The number of allylic oxidation sites excluding steroid dienone is 1. The van der Waals surface area contributed by atoms with Crippen molar-refractivity contribution in [3.05, 3.63) is 24.4 Å². The minimum Gasteiger partial charge on any atom is -0.313 e. The molecular weight excluding hydrogens is 150 g/mol. The molecule has 0 aliphatic rings. The van der Waals surface area contributed by atoms with Gasteiger partial charge in [0.2, 0.25) is 0 Å². The van der Waals surface area contributed by atoms with Gasteiger partial charge in [0.25, 0.3) is 5.91 Å². The summed E-state index contributed by atoms with van der Waals surface area (Å²) in [5.74, 6) is -0.0110. The molecule has 1 amide bonds. The summed E-state index contributed by atoms with van der Waals surface area (Å²) in [6, 6.07) is 0.186. The van der Waals surface area contributed by atoms with Crippen LogP contribution in [0.1, 0.15) is 27.7 Å². The van der Waals surface area contributed by atoms with Crippen molar-refractivity contribution in [2.45, 2.75) is 33.7 Å². The summed E-state index contributed by atoms with van der Waals surface area (Å²) >= 11 is 0. The van der Waals surface area contributed by atoms with Crippen molar-refractivity contribution in [2.75, 3.05) is 0 Å². The average Bonchev–Trinajstić information content (AvgIpc) is 1.98. The van der Waals surface area contributed by atoms with E-state index in [-0.39, 0.29) is 11.9 Å². The maximum atomic E-state index is 11.4. The molecule has 2 nitrogen and oxygen atoms in total. The van der Waals surface area contributed by atoms with Crippen LogP contribution in [-0.2, 0) is 4.79 Å². The van der Waals surface area contributed by atoms with Crippen molar-refractivity contribution < 1.29 is 4.79 Å². The van der Waals surface area contributed by atoms with Gasteiger partial charge in [0, 0.05) is 17.8 Å². The average molecular weight is 167 g/mol. The first kappa shape index (κ1) is 11.0. The van der Waals surface area contributed by atoms with Crippen molar-refractivity contribution in [3.63, 3.8) is 0 Å². The van der Waals surface area contributed by atoms with Crippen LogP contribution in [0.2, 0.25) is 0 Å². The van der Waals surface area contributed by atoms with Crippen LogP contribution in [0.15, 0.2) is 24.4 Å². The normalized spacial score (nSPS) is 10.8. The molecule has 0 atom stereocenters. The van der Waals surface area contributed by atoms with E-state index in [2.05, 4.69) is 6.58 Å². The third-order valence-corrected chi connectivity index (χ3v) is 1.47. The van der Waals surface area contributed by atoms with E-state index < -0.39 is 0 Å². The Hall–Kier alpha value is -1.05.